The lowest BCUT2D eigenvalue weighted by molar-refractivity contribution is -0.116. The second kappa shape index (κ2) is 6.86. The molecule has 2 aromatic carbocycles. The van der Waals surface area contributed by atoms with Gasteiger partial charge in [-0.2, -0.15) is 0 Å². The van der Waals surface area contributed by atoms with E-state index in [-0.39, 0.29) is 23.8 Å². The van der Waals surface area contributed by atoms with Crippen molar-refractivity contribution in [3.8, 4) is 5.75 Å². The van der Waals surface area contributed by atoms with Crippen molar-refractivity contribution in [2.45, 2.75) is 18.2 Å². The quantitative estimate of drug-likeness (QED) is 0.749. The van der Waals surface area contributed by atoms with E-state index in [9.17, 15) is 13.2 Å². The van der Waals surface area contributed by atoms with Crippen molar-refractivity contribution in [1.29, 1.82) is 0 Å². The zero-order chi connectivity index (χ0) is 18.2. The van der Waals surface area contributed by atoms with E-state index in [4.69, 9.17) is 16.3 Å². The first-order chi connectivity index (χ1) is 11.8. The molecule has 1 aliphatic heterocycles. The van der Waals surface area contributed by atoms with E-state index in [0.717, 1.165) is 5.56 Å². The number of anilines is 2. The lowest BCUT2D eigenvalue weighted by Gasteiger charge is -2.14. The maximum absolute atomic E-state index is 12.7. The smallest absolute Gasteiger partial charge is 0.263 e. The van der Waals surface area contributed by atoms with Gasteiger partial charge in [-0.15, -0.1) is 0 Å². The number of sulfonamides is 1. The number of ether oxygens (including phenoxy) is 1. The summed E-state index contributed by atoms with van der Waals surface area (Å²) in [7, 11) is -3.88. The maximum atomic E-state index is 12.7. The third-order valence-corrected chi connectivity index (χ3v) is 6.36. The number of benzene rings is 2. The summed E-state index contributed by atoms with van der Waals surface area (Å²) < 4.78 is 33.7. The number of fused-ring (bicyclic) bond motifs is 1. The average Bonchev–Trinajstić information content (AvgIpc) is 2.70. The number of hydrogen-bond acceptors (Lipinski definition) is 4. The Kier molecular flexibility index (Phi) is 4.95. The summed E-state index contributed by atoms with van der Waals surface area (Å²) in [6, 6.07) is 7.79. The Hall–Kier alpha value is -1.77. The molecular weight excluding hydrogens is 432 g/mol. The molecule has 2 aromatic rings. The Labute approximate surface area is 158 Å². The van der Waals surface area contributed by atoms with Crippen LogP contribution in [0.2, 0.25) is 5.02 Å². The molecule has 25 heavy (non-hydrogen) atoms. The van der Waals surface area contributed by atoms with Gasteiger partial charge in [-0.1, -0.05) is 17.7 Å². The van der Waals surface area contributed by atoms with Crippen LogP contribution >= 0.6 is 27.5 Å². The lowest BCUT2D eigenvalue weighted by Crippen LogP contribution is -2.14. The van der Waals surface area contributed by atoms with Crippen LogP contribution < -0.4 is 14.8 Å². The molecule has 6 nitrogen and oxygen atoms in total. The van der Waals surface area contributed by atoms with E-state index >= 15 is 0 Å². The second-order valence-corrected chi connectivity index (χ2v) is 8.41. The number of hydrogen-bond donors (Lipinski definition) is 2. The largest absolute Gasteiger partial charge is 0.491 e. The van der Waals surface area contributed by atoms with Crippen LogP contribution in [0.25, 0.3) is 0 Å². The fourth-order valence-corrected chi connectivity index (χ4v) is 4.58. The summed E-state index contributed by atoms with van der Waals surface area (Å²) in [6.07, 6.45) is 0.203. The topological polar surface area (TPSA) is 84.5 Å². The normalized spacial score (nSPS) is 14.1. The van der Waals surface area contributed by atoms with Gasteiger partial charge < -0.3 is 10.1 Å². The monoisotopic (exact) mass is 444 g/mol. The van der Waals surface area contributed by atoms with Gasteiger partial charge in [0.05, 0.1) is 24.4 Å². The first-order valence-corrected chi connectivity index (χ1v) is 9.97. The zero-order valence-electron chi connectivity index (χ0n) is 13.1. The summed E-state index contributed by atoms with van der Waals surface area (Å²) in [5, 5.41) is 3.14. The molecule has 0 radical (unpaired) electrons. The SMILES string of the molecule is Cc1ccc(NS(=O)(=O)c2cc3c(cc2Br)NC(=O)CCO3)cc1Cl. The van der Waals surface area contributed by atoms with Gasteiger partial charge in [0, 0.05) is 15.6 Å². The molecule has 0 fully saturated rings. The molecule has 1 aliphatic rings. The number of carbonyl (C=O) groups excluding carboxylic acids is 1. The first kappa shape index (κ1) is 18.0. The van der Waals surface area contributed by atoms with Gasteiger partial charge in [0.25, 0.3) is 10.0 Å². The van der Waals surface area contributed by atoms with Crippen LogP contribution in [0.5, 0.6) is 5.75 Å². The predicted octanol–water partition coefficient (Wildman–Crippen LogP) is 3.93. The molecule has 9 heteroatoms. The van der Waals surface area contributed by atoms with Crippen LogP contribution in [-0.2, 0) is 14.8 Å². The summed E-state index contributed by atoms with van der Waals surface area (Å²) in [6.45, 7) is 2.01. The molecule has 1 amide bonds. The van der Waals surface area contributed by atoms with Crippen LogP contribution in [0.3, 0.4) is 0 Å². The van der Waals surface area contributed by atoms with Crippen molar-refractivity contribution < 1.29 is 17.9 Å². The summed E-state index contributed by atoms with van der Waals surface area (Å²) >= 11 is 9.29. The van der Waals surface area contributed by atoms with E-state index in [0.29, 0.717) is 26.6 Å². The Balaban J connectivity index is 1.98. The molecule has 0 aliphatic carbocycles. The van der Waals surface area contributed by atoms with Gasteiger partial charge in [-0.05, 0) is 46.6 Å². The van der Waals surface area contributed by atoms with Crippen molar-refractivity contribution >= 4 is 54.8 Å². The minimum atomic E-state index is -3.88. The molecule has 0 bridgehead atoms. The molecule has 2 N–H and O–H groups in total. The maximum Gasteiger partial charge on any atom is 0.263 e. The molecule has 0 aromatic heterocycles. The van der Waals surface area contributed by atoms with Gasteiger partial charge >= 0.3 is 0 Å². The minimum absolute atomic E-state index is 0.000837. The van der Waals surface area contributed by atoms with Crippen molar-refractivity contribution in [3.63, 3.8) is 0 Å². The molecule has 0 spiro atoms. The summed E-state index contributed by atoms with van der Waals surface area (Å²) in [5.41, 5.74) is 1.62. The number of amides is 1. The van der Waals surface area contributed by atoms with E-state index in [1.165, 1.54) is 12.1 Å². The number of rotatable bonds is 3. The van der Waals surface area contributed by atoms with Crippen LogP contribution in [0.1, 0.15) is 12.0 Å². The highest BCUT2D eigenvalue weighted by Gasteiger charge is 2.23. The highest BCUT2D eigenvalue weighted by atomic mass is 79.9. The van der Waals surface area contributed by atoms with Gasteiger partial charge in [0.2, 0.25) is 5.91 Å². The van der Waals surface area contributed by atoms with E-state index in [1.807, 2.05) is 6.92 Å². The van der Waals surface area contributed by atoms with E-state index in [1.54, 1.807) is 18.2 Å². The first-order valence-electron chi connectivity index (χ1n) is 7.31. The third kappa shape index (κ3) is 3.91. The van der Waals surface area contributed by atoms with Crippen LogP contribution in [-0.4, -0.2) is 20.9 Å². The Morgan fingerprint density at radius 3 is 2.76 bits per heavy atom. The van der Waals surface area contributed by atoms with Crippen molar-refractivity contribution in [2.75, 3.05) is 16.6 Å². The van der Waals surface area contributed by atoms with Gasteiger partial charge in [-0.3, -0.25) is 9.52 Å². The predicted molar refractivity (Wildman–Crippen MR) is 99.9 cm³/mol. The molecule has 132 valence electrons. The average molecular weight is 446 g/mol. The molecule has 3 rings (SSSR count). The summed E-state index contributed by atoms with van der Waals surface area (Å²) in [4.78, 5) is 11.6. The molecule has 0 saturated carbocycles. The third-order valence-electron chi connectivity index (χ3n) is 3.61. The Morgan fingerprint density at radius 2 is 2.04 bits per heavy atom. The molecule has 0 unspecified atom stereocenters. The molecular formula is C16H14BrClN2O4S. The zero-order valence-corrected chi connectivity index (χ0v) is 16.3. The fraction of sp³-hybridized carbons (Fsp3) is 0.188. The van der Waals surface area contributed by atoms with Crippen molar-refractivity contribution in [1.82, 2.24) is 0 Å². The fourth-order valence-electron chi connectivity index (χ4n) is 2.29. The van der Waals surface area contributed by atoms with Crippen LogP contribution in [0, 0.1) is 6.92 Å². The number of halogens is 2. The Morgan fingerprint density at radius 1 is 1.28 bits per heavy atom. The van der Waals surface area contributed by atoms with Crippen molar-refractivity contribution in [3.05, 3.63) is 45.4 Å². The Bertz CT molecular complexity index is 963. The summed E-state index contributed by atoms with van der Waals surface area (Å²) in [5.74, 6) is 0.116. The highest BCUT2D eigenvalue weighted by molar-refractivity contribution is 9.10. The number of aryl methyl sites for hydroxylation is 1. The number of nitrogens with one attached hydrogen (secondary N) is 2. The highest BCUT2D eigenvalue weighted by Crippen LogP contribution is 2.36. The van der Waals surface area contributed by atoms with Gasteiger partial charge in [0.1, 0.15) is 10.6 Å². The minimum Gasteiger partial charge on any atom is -0.491 e. The van der Waals surface area contributed by atoms with Gasteiger partial charge in [-0.25, -0.2) is 8.42 Å². The van der Waals surface area contributed by atoms with Gasteiger partial charge in [0.15, 0.2) is 0 Å². The van der Waals surface area contributed by atoms with Crippen LogP contribution in [0.4, 0.5) is 11.4 Å². The molecule has 1 heterocycles. The number of carbonyl (C=O) groups is 1. The van der Waals surface area contributed by atoms with Crippen LogP contribution in [0.15, 0.2) is 39.7 Å². The molecule has 0 saturated heterocycles. The lowest BCUT2D eigenvalue weighted by atomic mass is 10.2. The van der Waals surface area contributed by atoms with E-state index in [2.05, 4.69) is 26.0 Å². The molecule has 0 atom stereocenters. The second-order valence-electron chi connectivity index (χ2n) is 5.49. The van der Waals surface area contributed by atoms with E-state index < -0.39 is 10.0 Å². The van der Waals surface area contributed by atoms with Crippen molar-refractivity contribution in [2.24, 2.45) is 0 Å². The standard InChI is InChI=1S/C16H14BrClN2O4S/c1-9-2-3-10(6-12(9)18)20-25(22,23)15-8-14-13(7-11(15)17)19-16(21)4-5-24-14/h2-3,6-8,20H,4-5H2,1H3,(H,19,21).